The maximum absolute atomic E-state index is 11.9. The highest BCUT2D eigenvalue weighted by molar-refractivity contribution is 5.85. The number of halogens is 3. The summed E-state index contributed by atoms with van der Waals surface area (Å²) < 4.78 is 35.7. The van der Waals surface area contributed by atoms with Gasteiger partial charge in [0, 0.05) is 6.54 Å². The van der Waals surface area contributed by atoms with E-state index in [2.05, 4.69) is 0 Å². The number of hydrogen-bond donors (Lipinski definition) is 0. The predicted octanol–water partition coefficient (Wildman–Crippen LogP) is 0.739. The summed E-state index contributed by atoms with van der Waals surface area (Å²) in [5.74, 6) is -1.91. The zero-order valence-electron chi connectivity index (χ0n) is 6.67. The molecule has 0 spiro atoms. The standard InChI is InChI=1S/C7H8F3NO2/c8-7(9,10)6(13)11-3-1-2-5(11)4-12/h4-5H,1-3H2/t5-/m1/s1. The number of likely N-dealkylation sites (tertiary alicyclic amines) is 1. The van der Waals surface area contributed by atoms with Crippen molar-refractivity contribution in [3.05, 3.63) is 0 Å². The molecule has 6 heteroatoms. The topological polar surface area (TPSA) is 37.4 Å². The van der Waals surface area contributed by atoms with E-state index in [1.165, 1.54) is 0 Å². The molecular weight excluding hydrogens is 187 g/mol. The second-order valence-corrected chi connectivity index (χ2v) is 2.84. The SMILES string of the molecule is O=C[C@H]1CCCN1C(=O)C(F)(F)F. The van der Waals surface area contributed by atoms with Crippen LogP contribution in [0.25, 0.3) is 0 Å². The van der Waals surface area contributed by atoms with Crippen molar-refractivity contribution in [1.82, 2.24) is 4.90 Å². The average Bonchev–Trinajstić information content (AvgIpc) is 2.48. The average molecular weight is 195 g/mol. The third kappa shape index (κ3) is 1.99. The minimum Gasteiger partial charge on any atom is -0.325 e. The summed E-state index contributed by atoms with van der Waals surface area (Å²) in [5.41, 5.74) is 0. The smallest absolute Gasteiger partial charge is 0.325 e. The van der Waals surface area contributed by atoms with Crippen molar-refractivity contribution >= 4 is 12.2 Å². The zero-order chi connectivity index (χ0) is 10.1. The van der Waals surface area contributed by atoms with Gasteiger partial charge in [0.2, 0.25) is 0 Å². The molecular formula is C7H8F3NO2. The van der Waals surface area contributed by atoms with Crippen LogP contribution in [0.2, 0.25) is 0 Å². The molecule has 0 N–H and O–H groups in total. The van der Waals surface area contributed by atoms with Crippen LogP contribution < -0.4 is 0 Å². The third-order valence-corrected chi connectivity index (χ3v) is 1.96. The molecule has 1 fully saturated rings. The van der Waals surface area contributed by atoms with Gasteiger partial charge in [-0.25, -0.2) is 0 Å². The Hall–Kier alpha value is -1.07. The van der Waals surface area contributed by atoms with Gasteiger partial charge in [-0.15, -0.1) is 0 Å². The summed E-state index contributed by atoms with van der Waals surface area (Å²) in [5, 5.41) is 0. The maximum Gasteiger partial charge on any atom is 0.471 e. The molecule has 0 bridgehead atoms. The molecule has 0 saturated carbocycles. The van der Waals surface area contributed by atoms with E-state index in [-0.39, 0.29) is 6.54 Å². The van der Waals surface area contributed by atoms with Gasteiger partial charge in [0.05, 0.1) is 6.04 Å². The van der Waals surface area contributed by atoms with Crippen LogP contribution in [0.5, 0.6) is 0 Å². The molecule has 74 valence electrons. The van der Waals surface area contributed by atoms with Crippen LogP contribution in [0.1, 0.15) is 12.8 Å². The first-order valence-corrected chi connectivity index (χ1v) is 3.80. The lowest BCUT2D eigenvalue weighted by Crippen LogP contribution is -2.44. The number of carbonyl (C=O) groups is 2. The lowest BCUT2D eigenvalue weighted by molar-refractivity contribution is -0.186. The number of aldehydes is 1. The molecule has 0 radical (unpaired) electrons. The first kappa shape index (κ1) is 10.0. The molecule has 3 nitrogen and oxygen atoms in total. The van der Waals surface area contributed by atoms with Gasteiger partial charge in [0.1, 0.15) is 6.29 Å². The number of amides is 1. The van der Waals surface area contributed by atoms with Crippen molar-refractivity contribution in [2.45, 2.75) is 25.1 Å². The van der Waals surface area contributed by atoms with Crippen LogP contribution in [0.4, 0.5) is 13.2 Å². The second-order valence-electron chi connectivity index (χ2n) is 2.84. The van der Waals surface area contributed by atoms with Gasteiger partial charge >= 0.3 is 12.1 Å². The Morgan fingerprint density at radius 1 is 1.46 bits per heavy atom. The molecule has 1 amide bonds. The highest BCUT2D eigenvalue weighted by Gasteiger charge is 2.45. The molecule has 0 aromatic rings. The Labute approximate surface area is 72.5 Å². The van der Waals surface area contributed by atoms with E-state index in [4.69, 9.17) is 0 Å². The number of alkyl halides is 3. The van der Waals surface area contributed by atoms with Crippen LogP contribution in [0, 0.1) is 0 Å². The summed E-state index contributed by atoms with van der Waals surface area (Å²) >= 11 is 0. The highest BCUT2D eigenvalue weighted by atomic mass is 19.4. The summed E-state index contributed by atoms with van der Waals surface area (Å²) in [6, 6.07) is -0.894. The molecule has 1 rings (SSSR count). The molecule has 1 saturated heterocycles. The summed E-state index contributed by atoms with van der Waals surface area (Å²) in [7, 11) is 0. The number of carbonyl (C=O) groups excluding carboxylic acids is 2. The first-order valence-electron chi connectivity index (χ1n) is 3.80. The normalized spacial score (nSPS) is 23.3. The predicted molar refractivity (Wildman–Crippen MR) is 36.9 cm³/mol. The van der Waals surface area contributed by atoms with Crippen LogP contribution in [-0.2, 0) is 9.59 Å². The Bertz CT molecular complexity index is 226. The lowest BCUT2D eigenvalue weighted by atomic mass is 10.2. The quantitative estimate of drug-likeness (QED) is 0.578. The molecule has 0 aromatic heterocycles. The minimum absolute atomic E-state index is 0.0156. The van der Waals surface area contributed by atoms with Crippen molar-refractivity contribution < 1.29 is 22.8 Å². The first-order chi connectivity index (χ1) is 5.96. The summed E-state index contributed by atoms with van der Waals surface area (Å²) in [6.45, 7) is 0.0156. The van der Waals surface area contributed by atoms with Gasteiger partial charge in [-0.3, -0.25) is 4.79 Å². The van der Waals surface area contributed by atoms with E-state index in [0.29, 0.717) is 24.0 Å². The van der Waals surface area contributed by atoms with Crippen LogP contribution in [-0.4, -0.2) is 35.9 Å². The van der Waals surface area contributed by atoms with Gasteiger partial charge in [-0.2, -0.15) is 13.2 Å². The Morgan fingerprint density at radius 3 is 2.54 bits per heavy atom. The van der Waals surface area contributed by atoms with Gasteiger partial charge in [-0.1, -0.05) is 0 Å². The Balaban J connectivity index is 2.71. The van der Waals surface area contributed by atoms with E-state index in [0.717, 1.165) is 0 Å². The lowest BCUT2D eigenvalue weighted by Gasteiger charge is -2.21. The molecule has 13 heavy (non-hydrogen) atoms. The van der Waals surface area contributed by atoms with Gasteiger partial charge in [0.15, 0.2) is 0 Å². The highest BCUT2D eigenvalue weighted by Crippen LogP contribution is 2.24. The van der Waals surface area contributed by atoms with E-state index in [9.17, 15) is 22.8 Å². The summed E-state index contributed by atoms with van der Waals surface area (Å²) in [4.78, 5) is 21.5. The van der Waals surface area contributed by atoms with Crippen LogP contribution >= 0.6 is 0 Å². The largest absolute Gasteiger partial charge is 0.471 e. The van der Waals surface area contributed by atoms with E-state index in [1.807, 2.05) is 0 Å². The zero-order valence-corrected chi connectivity index (χ0v) is 6.67. The molecule has 0 unspecified atom stereocenters. The van der Waals surface area contributed by atoms with Crippen molar-refractivity contribution in [3.63, 3.8) is 0 Å². The van der Waals surface area contributed by atoms with Crippen molar-refractivity contribution in [2.24, 2.45) is 0 Å². The Kier molecular flexibility index (Phi) is 2.58. The minimum atomic E-state index is -4.87. The maximum atomic E-state index is 11.9. The molecule has 1 atom stereocenters. The fourth-order valence-corrected chi connectivity index (χ4v) is 1.35. The monoisotopic (exact) mass is 195 g/mol. The molecule has 0 aromatic carbocycles. The van der Waals surface area contributed by atoms with Crippen LogP contribution in [0.15, 0.2) is 0 Å². The molecule has 1 aliphatic heterocycles. The van der Waals surface area contributed by atoms with Crippen molar-refractivity contribution in [3.8, 4) is 0 Å². The number of hydrogen-bond acceptors (Lipinski definition) is 2. The van der Waals surface area contributed by atoms with Crippen molar-refractivity contribution in [2.75, 3.05) is 6.54 Å². The second kappa shape index (κ2) is 3.35. The molecule has 1 heterocycles. The van der Waals surface area contributed by atoms with Crippen LogP contribution in [0.3, 0.4) is 0 Å². The number of nitrogens with zero attached hydrogens (tertiary/aromatic N) is 1. The van der Waals surface area contributed by atoms with E-state index >= 15 is 0 Å². The fourth-order valence-electron chi connectivity index (χ4n) is 1.35. The van der Waals surface area contributed by atoms with Gasteiger partial charge in [-0.05, 0) is 12.8 Å². The van der Waals surface area contributed by atoms with Crippen molar-refractivity contribution in [1.29, 1.82) is 0 Å². The Morgan fingerprint density at radius 2 is 2.08 bits per heavy atom. The molecule has 1 aliphatic rings. The number of rotatable bonds is 1. The van der Waals surface area contributed by atoms with E-state index < -0.39 is 18.1 Å². The van der Waals surface area contributed by atoms with Gasteiger partial charge in [0.25, 0.3) is 0 Å². The fraction of sp³-hybridized carbons (Fsp3) is 0.714. The summed E-state index contributed by atoms with van der Waals surface area (Å²) in [6.07, 6.45) is -3.71. The van der Waals surface area contributed by atoms with E-state index in [1.54, 1.807) is 0 Å². The third-order valence-electron chi connectivity index (χ3n) is 1.96. The molecule has 0 aliphatic carbocycles. The van der Waals surface area contributed by atoms with Gasteiger partial charge < -0.3 is 9.69 Å².